The molecule has 0 aliphatic carbocycles. The fourth-order valence-corrected chi connectivity index (χ4v) is 2.17. The van der Waals surface area contributed by atoms with Crippen molar-refractivity contribution in [1.29, 1.82) is 0 Å². The second-order valence-electron chi connectivity index (χ2n) is 3.40. The molecule has 3 nitrogen and oxygen atoms in total. The molecule has 0 heterocycles. The maximum Gasteiger partial charge on any atom is 0.365 e. The predicted octanol–water partition coefficient (Wildman–Crippen LogP) is 2.88. The third-order valence-corrected chi connectivity index (χ3v) is 2.99. The van der Waals surface area contributed by atoms with Crippen molar-refractivity contribution in [2.24, 2.45) is 0 Å². The molecule has 0 aliphatic rings. The van der Waals surface area contributed by atoms with E-state index < -0.39 is 8.25 Å². The van der Waals surface area contributed by atoms with Gasteiger partial charge >= 0.3 is 8.25 Å². The van der Waals surface area contributed by atoms with E-state index in [0.29, 0.717) is 5.75 Å². The van der Waals surface area contributed by atoms with Crippen LogP contribution in [0.25, 0.3) is 0 Å². The highest BCUT2D eigenvalue weighted by Crippen LogP contribution is 2.31. The van der Waals surface area contributed by atoms with E-state index in [2.05, 4.69) is 6.92 Å². The Morgan fingerprint density at radius 3 is 2.47 bits per heavy atom. The van der Waals surface area contributed by atoms with Crippen molar-refractivity contribution in [3.05, 3.63) is 28.8 Å². The lowest BCUT2D eigenvalue weighted by Crippen LogP contribution is -1.96. The zero-order valence-electron chi connectivity index (χ0n) is 9.33. The summed E-state index contributed by atoms with van der Waals surface area (Å²) >= 11 is 0. The average Bonchev–Trinajstić information content (AvgIpc) is 2.18. The summed E-state index contributed by atoms with van der Waals surface area (Å²) in [5.74, 6) is 0.540. The molecule has 0 saturated carbocycles. The third kappa shape index (κ3) is 2.83. The van der Waals surface area contributed by atoms with Gasteiger partial charge in [-0.15, -0.1) is 0 Å². The minimum Gasteiger partial charge on any atom is -0.426 e. The summed E-state index contributed by atoms with van der Waals surface area (Å²) in [4.78, 5) is 8.77. The van der Waals surface area contributed by atoms with E-state index in [9.17, 15) is 4.57 Å². The van der Waals surface area contributed by atoms with E-state index in [1.54, 1.807) is 6.07 Å². The molecule has 4 heteroatoms. The van der Waals surface area contributed by atoms with Crippen molar-refractivity contribution in [3.8, 4) is 5.75 Å². The Bertz CT molecular complexity index is 374. The third-order valence-electron chi connectivity index (χ3n) is 2.60. The van der Waals surface area contributed by atoms with Gasteiger partial charge in [-0.25, -0.2) is 4.57 Å². The van der Waals surface area contributed by atoms with Crippen LogP contribution in [0.4, 0.5) is 0 Å². The maximum atomic E-state index is 10.7. The Morgan fingerprint density at radius 1 is 1.33 bits per heavy atom. The van der Waals surface area contributed by atoms with Crippen molar-refractivity contribution < 1.29 is 14.0 Å². The van der Waals surface area contributed by atoms with E-state index >= 15 is 0 Å². The van der Waals surface area contributed by atoms with E-state index in [0.717, 1.165) is 18.4 Å². The van der Waals surface area contributed by atoms with Gasteiger partial charge in [-0.3, -0.25) is 0 Å². The molecule has 15 heavy (non-hydrogen) atoms. The molecular formula is C11H17O3P. The Balaban J connectivity index is 3.18. The van der Waals surface area contributed by atoms with Gasteiger partial charge in [0.2, 0.25) is 0 Å². The summed E-state index contributed by atoms with van der Waals surface area (Å²) in [6.45, 7) is 6.14. The van der Waals surface area contributed by atoms with Gasteiger partial charge in [0.15, 0.2) is 0 Å². The monoisotopic (exact) mass is 228 g/mol. The SMILES string of the molecule is CCc1ccc(O[PH](=O)O)c(CC)c1C. The van der Waals surface area contributed by atoms with Gasteiger partial charge in [0.1, 0.15) is 5.75 Å². The highest BCUT2D eigenvalue weighted by atomic mass is 31.1. The molecule has 0 fully saturated rings. The van der Waals surface area contributed by atoms with Crippen molar-refractivity contribution >= 4 is 8.25 Å². The highest BCUT2D eigenvalue weighted by molar-refractivity contribution is 7.32. The molecule has 1 atom stereocenters. The van der Waals surface area contributed by atoms with Crippen LogP contribution in [0, 0.1) is 6.92 Å². The first-order chi connectivity index (χ1) is 7.10. The Hall–Kier alpha value is -0.790. The molecule has 0 aliphatic heterocycles. The number of aryl methyl sites for hydroxylation is 1. The quantitative estimate of drug-likeness (QED) is 0.806. The van der Waals surface area contributed by atoms with E-state index in [4.69, 9.17) is 9.42 Å². The Labute approximate surface area is 91.0 Å². The van der Waals surface area contributed by atoms with Crippen LogP contribution < -0.4 is 4.52 Å². The topological polar surface area (TPSA) is 46.5 Å². The van der Waals surface area contributed by atoms with Gasteiger partial charge in [-0.1, -0.05) is 19.9 Å². The fraction of sp³-hybridized carbons (Fsp3) is 0.455. The first-order valence-electron chi connectivity index (χ1n) is 5.12. The second-order valence-corrected chi connectivity index (χ2v) is 4.14. The Morgan fingerprint density at radius 2 is 2.00 bits per heavy atom. The predicted molar refractivity (Wildman–Crippen MR) is 61.8 cm³/mol. The van der Waals surface area contributed by atoms with Gasteiger partial charge in [-0.2, -0.15) is 0 Å². The van der Waals surface area contributed by atoms with E-state index in [1.807, 2.05) is 19.9 Å². The van der Waals surface area contributed by atoms with Crippen molar-refractivity contribution in [2.75, 3.05) is 0 Å². The standard InChI is InChI=1S/C11H17O3P/c1-4-9-6-7-11(14-15(12)13)10(5-2)8(9)3/h6-7,15H,4-5H2,1-3H3,(H,12,13). The van der Waals surface area contributed by atoms with E-state index in [-0.39, 0.29) is 0 Å². The van der Waals surface area contributed by atoms with Gasteiger partial charge in [-0.05, 0) is 42.5 Å². The lowest BCUT2D eigenvalue weighted by molar-refractivity contribution is 0.408. The maximum absolute atomic E-state index is 10.7. The molecule has 84 valence electrons. The Kier molecular flexibility index (Phi) is 4.37. The molecule has 0 saturated heterocycles. The van der Waals surface area contributed by atoms with Gasteiger partial charge in [0, 0.05) is 0 Å². The van der Waals surface area contributed by atoms with Gasteiger partial charge in [0.25, 0.3) is 0 Å². The lowest BCUT2D eigenvalue weighted by Gasteiger charge is -2.13. The van der Waals surface area contributed by atoms with Crippen LogP contribution in [-0.4, -0.2) is 4.89 Å². The highest BCUT2D eigenvalue weighted by Gasteiger charge is 2.09. The van der Waals surface area contributed by atoms with Crippen LogP contribution in [0.5, 0.6) is 5.75 Å². The van der Waals surface area contributed by atoms with Crippen molar-refractivity contribution in [2.45, 2.75) is 33.6 Å². The van der Waals surface area contributed by atoms with Crippen LogP contribution >= 0.6 is 8.25 Å². The van der Waals surface area contributed by atoms with Crippen LogP contribution in [0.15, 0.2) is 12.1 Å². The number of rotatable bonds is 4. The molecule has 0 bridgehead atoms. The molecule has 1 unspecified atom stereocenters. The van der Waals surface area contributed by atoms with Crippen molar-refractivity contribution in [1.82, 2.24) is 0 Å². The number of hydrogen-bond donors (Lipinski definition) is 1. The first kappa shape index (κ1) is 12.3. The summed E-state index contributed by atoms with van der Waals surface area (Å²) in [7, 11) is -2.90. The minimum atomic E-state index is -2.90. The summed E-state index contributed by atoms with van der Waals surface area (Å²) in [5, 5.41) is 0. The summed E-state index contributed by atoms with van der Waals surface area (Å²) in [6.07, 6.45) is 1.78. The molecule has 0 radical (unpaired) electrons. The first-order valence-corrected chi connectivity index (χ1v) is 6.38. The number of hydrogen-bond acceptors (Lipinski definition) is 2. The molecule has 1 aromatic rings. The zero-order valence-corrected chi connectivity index (χ0v) is 10.3. The normalized spacial score (nSPS) is 12.5. The zero-order chi connectivity index (χ0) is 11.4. The molecular weight excluding hydrogens is 211 g/mol. The lowest BCUT2D eigenvalue weighted by atomic mass is 9.98. The van der Waals surface area contributed by atoms with E-state index in [1.165, 1.54) is 11.1 Å². The largest absolute Gasteiger partial charge is 0.426 e. The molecule has 0 amide bonds. The summed E-state index contributed by atoms with van der Waals surface area (Å²) in [5.41, 5.74) is 3.46. The van der Waals surface area contributed by atoms with Gasteiger partial charge in [0.05, 0.1) is 0 Å². The molecule has 1 N–H and O–H groups in total. The van der Waals surface area contributed by atoms with Gasteiger partial charge < -0.3 is 9.42 Å². The smallest absolute Gasteiger partial charge is 0.365 e. The minimum absolute atomic E-state index is 0.540. The fourth-order valence-electron chi connectivity index (χ4n) is 1.79. The molecule has 0 spiro atoms. The second kappa shape index (κ2) is 5.34. The molecule has 0 aromatic heterocycles. The number of benzene rings is 1. The van der Waals surface area contributed by atoms with Crippen LogP contribution in [0.3, 0.4) is 0 Å². The summed E-state index contributed by atoms with van der Waals surface area (Å²) < 4.78 is 15.6. The van der Waals surface area contributed by atoms with Crippen LogP contribution in [0.1, 0.15) is 30.5 Å². The van der Waals surface area contributed by atoms with Crippen LogP contribution in [0.2, 0.25) is 0 Å². The van der Waals surface area contributed by atoms with Crippen LogP contribution in [-0.2, 0) is 17.4 Å². The molecule has 1 aromatic carbocycles. The van der Waals surface area contributed by atoms with Crippen molar-refractivity contribution in [3.63, 3.8) is 0 Å². The molecule has 1 rings (SSSR count). The average molecular weight is 228 g/mol. The summed E-state index contributed by atoms with van der Waals surface area (Å²) in [6, 6.07) is 3.73.